The number of nitrogens with one attached hydrogen (secondary N) is 1. The lowest BCUT2D eigenvalue weighted by atomic mass is 10.1. The first-order valence-corrected chi connectivity index (χ1v) is 11.3. The van der Waals surface area contributed by atoms with Gasteiger partial charge >= 0.3 is 5.69 Å². The lowest BCUT2D eigenvalue weighted by molar-refractivity contribution is 0.0983. The molecule has 10 heteroatoms. The van der Waals surface area contributed by atoms with Gasteiger partial charge in [-0.3, -0.25) is 23.8 Å². The molecule has 0 saturated heterocycles. The first-order valence-electron chi connectivity index (χ1n) is 10.9. The minimum absolute atomic E-state index is 0.0188. The number of carbonyl (C=O) groups excluding carboxylic acids is 1. The summed E-state index contributed by atoms with van der Waals surface area (Å²) in [7, 11) is 0. The third-order valence-electron chi connectivity index (χ3n) is 5.18. The molecule has 0 fully saturated rings. The Balaban J connectivity index is 1.99. The van der Waals surface area contributed by atoms with Crippen molar-refractivity contribution in [2.45, 2.75) is 46.7 Å². The topological polar surface area (TPSA) is 119 Å². The van der Waals surface area contributed by atoms with Gasteiger partial charge in [-0.05, 0) is 24.0 Å². The summed E-state index contributed by atoms with van der Waals surface area (Å²) in [5.41, 5.74) is 6.12. The van der Waals surface area contributed by atoms with Gasteiger partial charge in [0.2, 0.25) is 0 Å². The molecule has 3 N–H and O–H groups in total. The molecule has 2 heterocycles. The lowest BCUT2D eigenvalue weighted by Gasteiger charge is -2.25. The predicted octanol–water partition coefficient (Wildman–Crippen LogP) is 3.12. The number of hydrogen-bond donors (Lipinski definition) is 2. The van der Waals surface area contributed by atoms with Crippen LogP contribution in [0.3, 0.4) is 0 Å². The van der Waals surface area contributed by atoms with Crippen molar-refractivity contribution in [1.82, 2.24) is 19.3 Å². The van der Waals surface area contributed by atoms with Gasteiger partial charge in [0.05, 0.1) is 18.3 Å². The van der Waals surface area contributed by atoms with Crippen LogP contribution < -0.4 is 21.9 Å². The average Bonchev–Trinajstić information content (AvgIpc) is 3.22. The highest BCUT2D eigenvalue weighted by Crippen LogP contribution is 2.22. The summed E-state index contributed by atoms with van der Waals surface area (Å²) in [5.74, 6) is -0.399. The van der Waals surface area contributed by atoms with Crippen LogP contribution in [0.1, 0.15) is 49.5 Å². The molecule has 0 saturated carbocycles. The molecule has 0 atom stereocenters. The van der Waals surface area contributed by atoms with Gasteiger partial charge in [0.25, 0.3) is 11.5 Å². The van der Waals surface area contributed by atoms with Gasteiger partial charge < -0.3 is 10.6 Å². The molecule has 0 unspecified atom stereocenters. The number of carbonyl (C=O) groups is 1. The summed E-state index contributed by atoms with van der Waals surface area (Å²) in [4.78, 5) is 42.2. The number of aromatic amines is 1. The number of halogens is 1. The fraction of sp³-hybridized carbons (Fsp3) is 0.391. The minimum atomic E-state index is -0.692. The van der Waals surface area contributed by atoms with Crippen molar-refractivity contribution in [3.8, 4) is 0 Å². The molecule has 0 bridgehead atoms. The summed E-state index contributed by atoms with van der Waals surface area (Å²) < 4.78 is 2.92. The van der Waals surface area contributed by atoms with Crippen molar-refractivity contribution in [2.75, 3.05) is 17.2 Å². The van der Waals surface area contributed by atoms with Gasteiger partial charge in [0.15, 0.2) is 5.69 Å². The SMILES string of the molecule is CCCCn1c(N)c(N(CC(C)C)C(=O)c2cnn(Cc3ccccc3Cl)c2)c(=O)[nH]c1=O. The quantitative estimate of drug-likeness (QED) is 0.496. The minimum Gasteiger partial charge on any atom is -0.383 e. The van der Waals surface area contributed by atoms with Crippen LogP contribution in [0.4, 0.5) is 11.5 Å². The van der Waals surface area contributed by atoms with Gasteiger partial charge in [0.1, 0.15) is 5.82 Å². The highest BCUT2D eigenvalue weighted by Gasteiger charge is 2.27. The second-order valence-electron chi connectivity index (χ2n) is 8.33. The van der Waals surface area contributed by atoms with Crippen LogP contribution in [0, 0.1) is 5.92 Å². The summed E-state index contributed by atoms with van der Waals surface area (Å²) in [6.45, 7) is 6.83. The van der Waals surface area contributed by atoms with E-state index in [-0.39, 0.29) is 24.0 Å². The maximum atomic E-state index is 13.5. The first kappa shape index (κ1) is 24.3. The number of nitrogens with zero attached hydrogens (tertiary/aromatic N) is 4. The van der Waals surface area contributed by atoms with Crippen LogP contribution >= 0.6 is 11.6 Å². The Hall–Kier alpha value is -3.33. The van der Waals surface area contributed by atoms with E-state index in [0.29, 0.717) is 30.1 Å². The zero-order valence-electron chi connectivity index (χ0n) is 19.0. The monoisotopic (exact) mass is 472 g/mol. The number of rotatable bonds is 9. The number of hydrogen-bond acceptors (Lipinski definition) is 5. The normalized spacial score (nSPS) is 11.2. The Bertz CT molecular complexity index is 1240. The summed E-state index contributed by atoms with van der Waals surface area (Å²) in [6.07, 6.45) is 4.61. The third-order valence-corrected chi connectivity index (χ3v) is 5.55. The predicted molar refractivity (Wildman–Crippen MR) is 130 cm³/mol. The molecule has 2 aromatic heterocycles. The Morgan fingerprint density at radius 3 is 2.67 bits per heavy atom. The Morgan fingerprint density at radius 2 is 2.00 bits per heavy atom. The van der Waals surface area contributed by atoms with E-state index >= 15 is 0 Å². The Morgan fingerprint density at radius 1 is 1.27 bits per heavy atom. The first-order chi connectivity index (χ1) is 15.7. The largest absolute Gasteiger partial charge is 0.383 e. The van der Waals surface area contributed by atoms with Crippen LogP contribution in [-0.4, -0.2) is 31.8 Å². The number of aromatic nitrogens is 4. The summed E-state index contributed by atoms with van der Waals surface area (Å²) in [5, 5.41) is 4.89. The zero-order valence-corrected chi connectivity index (χ0v) is 19.8. The molecule has 0 aliphatic rings. The maximum Gasteiger partial charge on any atom is 0.330 e. The van der Waals surface area contributed by atoms with Crippen molar-refractivity contribution in [2.24, 2.45) is 5.92 Å². The molecule has 0 spiro atoms. The number of amides is 1. The molecule has 176 valence electrons. The standard InChI is InChI=1S/C23H29ClN6O3/c1-4-5-10-29-20(25)19(21(31)27-23(29)33)30(12-15(2)3)22(32)17-11-26-28(14-17)13-16-8-6-7-9-18(16)24/h6-9,11,14-15H,4-5,10,12-13,25H2,1-3H3,(H,27,31,33). The van der Waals surface area contributed by atoms with Crippen molar-refractivity contribution in [1.29, 1.82) is 0 Å². The molecule has 1 amide bonds. The van der Waals surface area contributed by atoms with Gasteiger partial charge in [-0.15, -0.1) is 0 Å². The van der Waals surface area contributed by atoms with E-state index in [1.54, 1.807) is 16.9 Å². The number of H-pyrrole nitrogens is 1. The highest BCUT2D eigenvalue weighted by atomic mass is 35.5. The zero-order chi connectivity index (χ0) is 24.1. The van der Waals surface area contributed by atoms with Crippen LogP contribution in [0.15, 0.2) is 46.2 Å². The second-order valence-corrected chi connectivity index (χ2v) is 8.73. The Kier molecular flexibility index (Phi) is 7.75. The van der Waals surface area contributed by atoms with Crippen LogP contribution in [-0.2, 0) is 13.1 Å². The smallest absolute Gasteiger partial charge is 0.330 e. The van der Waals surface area contributed by atoms with Gasteiger partial charge in [-0.25, -0.2) is 4.79 Å². The maximum absolute atomic E-state index is 13.5. The highest BCUT2D eigenvalue weighted by molar-refractivity contribution is 6.31. The summed E-state index contributed by atoms with van der Waals surface area (Å²) in [6, 6.07) is 7.40. The van der Waals surface area contributed by atoms with E-state index < -0.39 is 17.2 Å². The number of benzene rings is 1. The van der Waals surface area contributed by atoms with E-state index in [1.807, 2.05) is 39.0 Å². The third kappa shape index (κ3) is 5.54. The van der Waals surface area contributed by atoms with Crippen molar-refractivity contribution >= 4 is 29.0 Å². The number of unbranched alkanes of at least 4 members (excludes halogenated alkanes) is 1. The molecule has 9 nitrogen and oxygen atoms in total. The van der Waals surface area contributed by atoms with Crippen molar-refractivity contribution in [3.05, 3.63) is 73.6 Å². The average molecular weight is 473 g/mol. The molecule has 0 radical (unpaired) electrons. The lowest BCUT2D eigenvalue weighted by Crippen LogP contribution is -2.42. The van der Waals surface area contributed by atoms with Gasteiger partial charge in [0, 0.05) is 24.3 Å². The van der Waals surface area contributed by atoms with E-state index in [0.717, 1.165) is 12.0 Å². The van der Waals surface area contributed by atoms with Gasteiger partial charge in [-0.2, -0.15) is 5.10 Å². The molecular weight excluding hydrogens is 444 g/mol. The number of nitrogen functional groups attached to an aromatic ring is 1. The molecule has 1 aromatic carbocycles. The molecule has 3 rings (SSSR count). The molecule has 0 aliphatic heterocycles. The van der Waals surface area contributed by atoms with Crippen molar-refractivity contribution < 1.29 is 4.79 Å². The number of nitrogens with two attached hydrogens (primary N) is 1. The fourth-order valence-corrected chi connectivity index (χ4v) is 3.73. The summed E-state index contributed by atoms with van der Waals surface area (Å²) >= 11 is 6.23. The van der Waals surface area contributed by atoms with Gasteiger partial charge in [-0.1, -0.05) is 57.0 Å². The van der Waals surface area contributed by atoms with E-state index in [2.05, 4.69) is 10.1 Å². The molecule has 33 heavy (non-hydrogen) atoms. The van der Waals surface area contributed by atoms with Crippen LogP contribution in [0.5, 0.6) is 0 Å². The van der Waals surface area contributed by atoms with E-state index in [1.165, 1.54) is 15.7 Å². The number of anilines is 2. The molecule has 3 aromatic rings. The van der Waals surface area contributed by atoms with Crippen LogP contribution in [0.25, 0.3) is 0 Å². The molecular formula is C23H29ClN6O3. The fourth-order valence-electron chi connectivity index (χ4n) is 3.53. The van der Waals surface area contributed by atoms with Crippen molar-refractivity contribution in [3.63, 3.8) is 0 Å². The van der Waals surface area contributed by atoms with Crippen LogP contribution in [0.2, 0.25) is 5.02 Å². The van der Waals surface area contributed by atoms with E-state index in [9.17, 15) is 14.4 Å². The molecule has 0 aliphatic carbocycles. The van der Waals surface area contributed by atoms with E-state index in [4.69, 9.17) is 17.3 Å². The Labute approximate surface area is 196 Å². The second kappa shape index (κ2) is 10.5.